The lowest BCUT2D eigenvalue weighted by Crippen LogP contribution is -2.33. The van der Waals surface area contributed by atoms with Crippen LogP contribution in [0.3, 0.4) is 0 Å². The maximum atomic E-state index is 13.4. The Balaban J connectivity index is 1.68. The van der Waals surface area contributed by atoms with Crippen molar-refractivity contribution in [1.82, 2.24) is 15.0 Å². The van der Waals surface area contributed by atoms with Gasteiger partial charge in [0.1, 0.15) is 0 Å². The zero-order valence-corrected chi connectivity index (χ0v) is 19.2. The van der Waals surface area contributed by atoms with E-state index in [9.17, 15) is 4.79 Å². The fourth-order valence-corrected chi connectivity index (χ4v) is 4.63. The number of thiazole rings is 1. The molecule has 0 N–H and O–H groups in total. The molecule has 0 atom stereocenters. The maximum Gasteiger partial charge on any atom is 0.282 e. The molecule has 0 aliphatic carbocycles. The van der Waals surface area contributed by atoms with Gasteiger partial charge in [-0.05, 0) is 45.6 Å². The first-order chi connectivity index (χ1) is 14.9. The molecule has 0 saturated carbocycles. The van der Waals surface area contributed by atoms with Crippen molar-refractivity contribution in [2.24, 2.45) is 0 Å². The summed E-state index contributed by atoms with van der Waals surface area (Å²) in [5.74, 6) is 0.317. The molecule has 6 nitrogen and oxygen atoms in total. The second-order valence-electron chi connectivity index (χ2n) is 7.59. The van der Waals surface area contributed by atoms with Crippen LogP contribution in [0.1, 0.15) is 22.5 Å². The molecule has 1 amide bonds. The smallest absolute Gasteiger partial charge is 0.282 e. The summed E-state index contributed by atoms with van der Waals surface area (Å²) in [5, 5.41) is 5.29. The number of nitrogens with zero attached hydrogens (tertiary/aromatic N) is 4. The third-order valence-electron chi connectivity index (χ3n) is 4.94. The third kappa shape index (κ3) is 4.63. The molecule has 0 aliphatic rings. The molecule has 160 valence electrons. The van der Waals surface area contributed by atoms with Crippen LogP contribution in [0.2, 0.25) is 5.02 Å². The molecular formula is C23H23ClN4O2S. The van der Waals surface area contributed by atoms with Crippen molar-refractivity contribution in [3.63, 3.8) is 0 Å². The van der Waals surface area contributed by atoms with Crippen LogP contribution in [0.15, 0.2) is 53.1 Å². The molecule has 0 spiro atoms. The van der Waals surface area contributed by atoms with Gasteiger partial charge in [-0.3, -0.25) is 9.69 Å². The number of fused-ring (bicyclic) bond motifs is 1. The first-order valence-corrected chi connectivity index (χ1v) is 11.2. The molecule has 8 heteroatoms. The van der Waals surface area contributed by atoms with E-state index in [2.05, 4.69) is 10.1 Å². The van der Waals surface area contributed by atoms with Crippen molar-refractivity contribution in [2.75, 3.05) is 32.1 Å². The zero-order chi connectivity index (χ0) is 22.0. The molecule has 0 saturated heterocycles. The number of aromatic nitrogens is 2. The summed E-state index contributed by atoms with van der Waals surface area (Å²) in [6.45, 7) is 3.35. The van der Waals surface area contributed by atoms with Crippen molar-refractivity contribution in [3.8, 4) is 11.3 Å². The summed E-state index contributed by atoms with van der Waals surface area (Å²) < 4.78 is 6.34. The molecule has 0 aliphatic heterocycles. The summed E-state index contributed by atoms with van der Waals surface area (Å²) >= 11 is 7.81. The van der Waals surface area contributed by atoms with Gasteiger partial charge in [-0.2, -0.15) is 0 Å². The van der Waals surface area contributed by atoms with Gasteiger partial charge in [-0.15, -0.1) is 0 Å². The topological polar surface area (TPSA) is 62.5 Å². The van der Waals surface area contributed by atoms with Crippen LogP contribution in [-0.2, 0) is 0 Å². The third-order valence-corrected chi connectivity index (χ3v) is 6.48. The summed E-state index contributed by atoms with van der Waals surface area (Å²) in [6, 6.07) is 15.1. The largest absolute Gasteiger partial charge is 0.355 e. The van der Waals surface area contributed by atoms with E-state index in [1.54, 1.807) is 11.0 Å². The van der Waals surface area contributed by atoms with Crippen LogP contribution in [0.25, 0.3) is 21.5 Å². The fraction of sp³-hybridized carbons (Fsp3) is 0.261. The second kappa shape index (κ2) is 9.18. The van der Waals surface area contributed by atoms with E-state index in [0.29, 0.717) is 22.5 Å². The van der Waals surface area contributed by atoms with Gasteiger partial charge in [-0.25, -0.2) is 4.98 Å². The van der Waals surface area contributed by atoms with Gasteiger partial charge in [0, 0.05) is 18.2 Å². The quantitative estimate of drug-likeness (QED) is 0.368. The van der Waals surface area contributed by atoms with Crippen LogP contribution in [0, 0.1) is 6.92 Å². The Morgan fingerprint density at radius 2 is 1.90 bits per heavy atom. The van der Waals surface area contributed by atoms with Gasteiger partial charge < -0.3 is 9.42 Å². The predicted octanol–water partition coefficient (Wildman–Crippen LogP) is 5.51. The molecule has 31 heavy (non-hydrogen) atoms. The summed E-state index contributed by atoms with van der Waals surface area (Å²) in [7, 11) is 4.02. The molecular weight excluding hydrogens is 432 g/mol. The lowest BCUT2D eigenvalue weighted by molar-refractivity contribution is 0.0977. The first-order valence-electron chi connectivity index (χ1n) is 9.98. The minimum Gasteiger partial charge on any atom is -0.355 e. The van der Waals surface area contributed by atoms with Crippen LogP contribution in [0.4, 0.5) is 5.13 Å². The molecule has 0 unspecified atom stereocenters. The molecule has 0 bridgehead atoms. The Kier molecular flexibility index (Phi) is 6.36. The summed E-state index contributed by atoms with van der Waals surface area (Å²) in [5.41, 5.74) is 2.97. The Labute approximate surface area is 190 Å². The minimum absolute atomic E-state index is 0.238. The second-order valence-corrected chi connectivity index (χ2v) is 8.98. The number of halogens is 1. The Morgan fingerprint density at radius 1 is 1.13 bits per heavy atom. The number of hydrogen-bond acceptors (Lipinski definition) is 6. The van der Waals surface area contributed by atoms with Gasteiger partial charge in [-0.1, -0.05) is 64.5 Å². The normalized spacial score (nSPS) is 11.4. The average Bonchev–Trinajstić information content (AvgIpc) is 3.42. The lowest BCUT2D eigenvalue weighted by atomic mass is 10.1. The van der Waals surface area contributed by atoms with Crippen LogP contribution in [-0.4, -0.2) is 48.1 Å². The number of aryl methyl sites for hydroxylation is 1. The minimum atomic E-state index is -0.238. The van der Waals surface area contributed by atoms with Crippen LogP contribution < -0.4 is 4.90 Å². The number of carbonyl (C=O) groups is 1. The Hall–Kier alpha value is -2.74. The number of rotatable bonds is 7. The number of amides is 1. The number of benzene rings is 2. The summed E-state index contributed by atoms with van der Waals surface area (Å²) in [6.07, 6.45) is 0.796. The van der Waals surface area contributed by atoms with Gasteiger partial charge in [0.05, 0.1) is 15.2 Å². The van der Waals surface area contributed by atoms with E-state index in [0.717, 1.165) is 34.3 Å². The van der Waals surface area contributed by atoms with Gasteiger partial charge >= 0.3 is 0 Å². The van der Waals surface area contributed by atoms with Crippen molar-refractivity contribution in [1.29, 1.82) is 0 Å². The highest BCUT2D eigenvalue weighted by Gasteiger charge is 2.25. The van der Waals surface area contributed by atoms with Crippen molar-refractivity contribution >= 4 is 44.2 Å². The summed E-state index contributed by atoms with van der Waals surface area (Å²) in [4.78, 5) is 22.0. The van der Waals surface area contributed by atoms with Crippen LogP contribution >= 0.6 is 22.9 Å². The van der Waals surface area contributed by atoms with E-state index in [4.69, 9.17) is 21.1 Å². The highest BCUT2D eigenvalue weighted by Crippen LogP contribution is 2.36. The van der Waals surface area contributed by atoms with E-state index >= 15 is 0 Å². The van der Waals surface area contributed by atoms with E-state index < -0.39 is 0 Å². The molecule has 0 fully saturated rings. The fourth-order valence-electron chi connectivity index (χ4n) is 3.29. The van der Waals surface area contributed by atoms with E-state index in [1.165, 1.54) is 11.3 Å². The van der Waals surface area contributed by atoms with E-state index in [-0.39, 0.29) is 11.6 Å². The standard InChI is InChI=1S/C23H23ClN4O2S/c1-15-10-11-17(24)21-20(15)25-23(31-21)28(13-7-12-27(2)3)22(29)18-14-19(30-26-18)16-8-5-4-6-9-16/h4-6,8-11,14H,7,12-13H2,1-3H3. The van der Waals surface area contributed by atoms with E-state index in [1.807, 2.05) is 63.5 Å². The Bertz CT molecular complexity index is 1160. The van der Waals surface area contributed by atoms with Crippen molar-refractivity contribution in [3.05, 3.63) is 64.8 Å². The molecule has 0 radical (unpaired) electrons. The van der Waals surface area contributed by atoms with Gasteiger partial charge in [0.15, 0.2) is 16.6 Å². The average molecular weight is 455 g/mol. The lowest BCUT2D eigenvalue weighted by Gasteiger charge is -2.19. The molecule has 2 aromatic carbocycles. The highest BCUT2D eigenvalue weighted by molar-refractivity contribution is 7.23. The van der Waals surface area contributed by atoms with Crippen molar-refractivity contribution in [2.45, 2.75) is 13.3 Å². The molecule has 2 heterocycles. The maximum absolute atomic E-state index is 13.4. The van der Waals surface area contributed by atoms with Gasteiger partial charge in [0.25, 0.3) is 5.91 Å². The molecule has 2 aromatic heterocycles. The van der Waals surface area contributed by atoms with Gasteiger partial charge in [0.2, 0.25) is 0 Å². The predicted molar refractivity (Wildman–Crippen MR) is 126 cm³/mol. The Morgan fingerprint density at radius 3 is 2.61 bits per heavy atom. The highest BCUT2D eigenvalue weighted by atomic mass is 35.5. The SMILES string of the molecule is Cc1ccc(Cl)c2sc(N(CCCN(C)C)C(=O)c3cc(-c4ccccc4)on3)nc12. The van der Waals surface area contributed by atoms with Crippen LogP contribution in [0.5, 0.6) is 0 Å². The zero-order valence-electron chi connectivity index (χ0n) is 17.6. The monoisotopic (exact) mass is 454 g/mol. The number of carbonyl (C=O) groups excluding carboxylic acids is 1. The molecule has 4 aromatic rings. The number of hydrogen-bond donors (Lipinski definition) is 0. The van der Waals surface area contributed by atoms with Crippen molar-refractivity contribution < 1.29 is 9.32 Å². The molecule has 4 rings (SSSR count). The number of anilines is 1. The first kappa shape index (κ1) is 21.5.